The molecule has 2 aliphatic rings. The number of carbonyl (C=O) groups is 2. The largest absolute Gasteiger partial charge is 0.438 e. The number of rotatable bonds is 6. The van der Waals surface area contributed by atoms with Gasteiger partial charge in [-0.25, -0.2) is 18.1 Å². The van der Waals surface area contributed by atoms with Crippen molar-refractivity contribution in [3.63, 3.8) is 0 Å². The standard InChI is InChI=1S/C27H30N2O5S/c1-17-15-18(2)25(19(3)16-17)34-27-21(13-14-22(28-27)20-9-5-4-6-10-20)26(31)29-35(32,33)24-12-8-7-11-23(24)30/h7-8,12-16,20H,4-6,9-11H2,1-3H3,(H,29,31). The number of carbonyl (C=O) groups excluding carboxylic acids is 2. The van der Waals surface area contributed by atoms with Gasteiger partial charge in [0, 0.05) is 18.0 Å². The molecule has 1 N–H and O–H groups in total. The fourth-order valence-electron chi connectivity index (χ4n) is 4.75. The summed E-state index contributed by atoms with van der Waals surface area (Å²) < 4.78 is 33.8. The molecule has 1 aromatic heterocycles. The van der Waals surface area contributed by atoms with Gasteiger partial charge in [-0.1, -0.05) is 49.1 Å². The first-order valence-corrected chi connectivity index (χ1v) is 13.4. The lowest BCUT2D eigenvalue weighted by Gasteiger charge is -2.22. The highest BCUT2D eigenvalue weighted by molar-refractivity contribution is 7.95. The van der Waals surface area contributed by atoms with E-state index >= 15 is 0 Å². The minimum Gasteiger partial charge on any atom is -0.438 e. The summed E-state index contributed by atoms with van der Waals surface area (Å²) in [6.45, 7) is 5.82. The highest BCUT2D eigenvalue weighted by Crippen LogP contribution is 2.35. The van der Waals surface area contributed by atoms with Gasteiger partial charge in [-0.3, -0.25) is 9.59 Å². The van der Waals surface area contributed by atoms with E-state index in [-0.39, 0.29) is 23.8 Å². The number of aromatic nitrogens is 1. The number of nitrogens with one attached hydrogen (secondary N) is 1. The molecule has 0 radical (unpaired) electrons. The number of aryl methyl sites for hydroxylation is 3. The van der Waals surface area contributed by atoms with Gasteiger partial charge < -0.3 is 4.74 Å². The monoisotopic (exact) mass is 494 g/mol. The van der Waals surface area contributed by atoms with Crippen molar-refractivity contribution >= 4 is 21.7 Å². The summed E-state index contributed by atoms with van der Waals surface area (Å²) in [6.07, 6.45) is 9.68. The first kappa shape index (κ1) is 24.9. The average molecular weight is 495 g/mol. The maximum atomic E-state index is 13.2. The third kappa shape index (κ3) is 5.53. The lowest BCUT2D eigenvalue weighted by Crippen LogP contribution is -2.34. The van der Waals surface area contributed by atoms with Gasteiger partial charge in [0.15, 0.2) is 5.78 Å². The molecule has 1 aromatic carbocycles. The Hall–Kier alpha value is -3.26. The second kappa shape index (κ2) is 10.2. The molecule has 0 aliphatic heterocycles. The number of ketones is 1. The number of pyridine rings is 1. The van der Waals surface area contributed by atoms with Crippen LogP contribution in [0.15, 0.2) is 47.4 Å². The smallest absolute Gasteiger partial charge is 0.270 e. The second-order valence-electron chi connectivity index (χ2n) is 9.27. The van der Waals surface area contributed by atoms with E-state index in [1.54, 1.807) is 18.2 Å². The van der Waals surface area contributed by atoms with Crippen LogP contribution in [0.5, 0.6) is 11.6 Å². The predicted molar refractivity (Wildman–Crippen MR) is 134 cm³/mol. The summed E-state index contributed by atoms with van der Waals surface area (Å²) in [4.78, 5) is 29.5. The van der Waals surface area contributed by atoms with Crippen LogP contribution in [0.3, 0.4) is 0 Å². The molecule has 7 nitrogen and oxygen atoms in total. The van der Waals surface area contributed by atoms with Crippen molar-refractivity contribution in [2.45, 2.75) is 65.2 Å². The number of nitrogens with zero attached hydrogens (tertiary/aromatic N) is 1. The molecule has 8 heteroatoms. The third-order valence-electron chi connectivity index (χ3n) is 6.43. The van der Waals surface area contributed by atoms with Gasteiger partial charge in [0.1, 0.15) is 16.2 Å². The zero-order valence-electron chi connectivity index (χ0n) is 20.3. The van der Waals surface area contributed by atoms with E-state index in [1.807, 2.05) is 37.6 Å². The van der Waals surface area contributed by atoms with E-state index in [1.165, 1.54) is 18.6 Å². The zero-order valence-corrected chi connectivity index (χ0v) is 21.1. The van der Waals surface area contributed by atoms with E-state index in [0.717, 1.165) is 48.1 Å². The molecule has 4 rings (SSSR count). The fraction of sp³-hybridized carbons (Fsp3) is 0.370. The Balaban J connectivity index is 1.71. The van der Waals surface area contributed by atoms with Gasteiger partial charge in [-0.15, -0.1) is 0 Å². The van der Waals surface area contributed by atoms with Crippen LogP contribution in [0.25, 0.3) is 0 Å². The Kier molecular flexibility index (Phi) is 7.21. The molecule has 0 saturated heterocycles. The lowest BCUT2D eigenvalue weighted by molar-refractivity contribution is -0.114. The number of hydrogen-bond acceptors (Lipinski definition) is 6. The molecule has 0 atom stereocenters. The van der Waals surface area contributed by atoms with Gasteiger partial charge in [-0.2, -0.15) is 0 Å². The van der Waals surface area contributed by atoms with Crippen molar-refractivity contribution in [1.82, 2.24) is 9.71 Å². The minimum absolute atomic E-state index is 0.00749. The van der Waals surface area contributed by atoms with Crippen LogP contribution in [0, 0.1) is 20.8 Å². The molecule has 1 saturated carbocycles. The normalized spacial score (nSPS) is 16.7. The molecule has 184 valence electrons. The van der Waals surface area contributed by atoms with E-state index in [4.69, 9.17) is 9.72 Å². The zero-order chi connectivity index (χ0) is 25.2. The van der Waals surface area contributed by atoms with E-state index in [2.05, 4.69) is 0 Å². The minimum atomic E-state index is -4.34. The Bertz CT molecular complexity index is 1310. The maximum Gasteiger partial charge on any atom is 0.270 e. The average Bonchev–Trinajstić information content (AvgIpc) is 2.81. The molecule has 0 unspecified atom stereocenters. The number of Topliss-reactive ketones (excluding diaryl/α,β-unsaturated/α-hetero) is 1. The van der Waals surface area contributed by atoms with Gasteiger partial charge in [-0.05, 0) is 62.9 Å². The number of allylic oxidation sites excluding steroid dienone is 4. The fourth-order valence-corrected chi connectivity index (χ4v) is 5.86. The van der Waals surface area contributed by atoms with Crippen molar-refractivity contribution in [3.05, 3.63) is 75.3 Å². The molecule has 1 heterocycles. The van der Waals surface area contributed by atoms with Crippen LogP contribution >= 0.6 is 0 Å². The van der Waals surface area contributed by atoms with Crippen molar-refractivity contribution < 1.29 is 22.7 Å². The van der Waals surface area contributed by atoms with Crippen molar-refractivity contribution in [2.75, 3.05) is 0 Å². The number of hydrogen-bond donors (Lipinski definition) is 1. The number of benzene rings is 1. The highest BCUT2D eigenvalue weighted by Gasteiger charge is 2.29. The summed E-state index contributed by atoms with van der Waals surface area (Å²) in [5, 5.41) is 0. The van der Waals surface area contributed by atoms with Crippen LogP contribution in [-0.4, -0.2) is 25.1 Å². The summed E-state index contributed by atoms with van der Waals surface area (Å²) in [6, 6.07) is 7.29. The molecular formula is C27H30N2O5S. The Morgan fingerprint density at radius 3 is 2.40 bits per heavy atom. The van der Waals surface area contributed by atoms with E-state index in [0.29, 0.717) is 5.75 Å². The second-order valence-corrected chi connectivity index (χ2v) is 10.9. The SMILES string of the molecule is Cc1cc(C)c(Oc2nc(C3CCCCC3)ccc2C(=O)NS(=O)(=O)C2=CC=CCC2=O)c(C)c1. The summed E-state index contributed by atoms with van der Waals surface area (Å²) >= 11 is 0. The van der Waals surface area contributed by atoms with Gasteiger partial charge >= 0.3 is 0 Å². The van der Waals surface area contributed by atoms with E-state index < -0.39 is 26.6 Å². The Morgan fingerprint density at radius 2 is 1.74 bits per heavy atom. The van der Waals surface area contributed by atoms with Crippen molar-refractivity contribution in [1.29, 1.82) is 0 Å². The Labute approximate surface area is 206 Å². The van der Waals surface area contributed by atoms with Gasteiger partial charge in [0.05, 0.1) is 0 Å². The first-order valence-electron chi connectivity index (χ1n) is 11.9. The molecule has 0 bridgehead atoms. The number of sulfonamides is 1. The Morgan fingerprint density at radius 1 is 1.06 bits per heavy atom. The molecule has 1 fully saturated rings. The van der Waals surface area contributed by atoms with Crippen molar-refractivity contribution in [3.8, 4) is 11.6 Å². The van der Waals surface area contributed by atoms with E-state index in [9.17, 15) is 18.0 Å². The maximum absolute atomic E-state index is 13.2. The number of ether oxygens (including phenoxy) is 1. The van der Waals surface area contributed by atoms with Crippen molar-refractivity contribution in [2.24, 2.45) is 0 Å². The van der Waals surface area contributed by atoms with Gasteiger partial charge in [0.2, 0.25) is 5.88 Å². The molecular weight excluding hydrogens is 464 g/mol. The predicted octanol–water partition coefficient (Wildman–Crippen LogP) is 5.32. The topological polar surface area (TPSA) is 102 Å². The molecule has 1 amide bonds. The highest BCUT2D eigenvalue weighted by atomic mass is 32.2. The van der Waals surface area contributed by atoms with Crippen LogP contribution in [-0.2, 0) is 14.8 Å². The third-order valence-corrected chi connectivity index (χ3v) is 7.83. The summed E-state index contributed by atoms with van der Waals surface area (Å²) in [7, 11) is -4.34. The molecule has 2 aliphatic carbocycles. The quantitative estimate of drug-likeness (QED) is 0.583. The summed E-state index contributed by atoms with van der Waals surface area (Å²) in [5.41, 5.74) is 3.68. The molecule has 0 spiro atoms. The lowest BCUT2D eigenvalue weighted by atomic mass is 9.86. The first-order chi connectivity index (χ1) is 16.7. The van der Waals surface area contributed by atoms with Crippen LogP contribution in [0.4, 0.5) is 0 Å². The molecule has 35 heavy (non-hydrogen) atoms. The van der Waals surface area contributed by atoms with Gasteiger partial charge in [0.25, 0.3) is 15.9 Å². The van der Waals surface area contributed by atoms with Crippen LogP contribution < -0.4 is 9.46 Å². The molecule has 2 aromatic rings. The number of amides is 1. The van der Waals surface area contributed by atoms with Crippen LogP contribution in [0.1, 0.15) is 77.2 Å². The summed E-state index contributed by atoms with van der Waals surface area (Å²) in [5.74, 6) is -0.561. The van der Waals surface area contributed by atoms with Crippen LogP contribution in [0.2, 0.25) is 0 Å².